The molecule has 114 valence electrons. The van der Waals surface area contributed by atoms with Crippen molar-refractivity contribution < 1.29 is 4.39 Å². The summed E-state index contributed by atoms with van der Waals surface area (Å²) in [5.74, 6) is 0.582. The minimum atomic E-state index is -0.0671. The van der Waals surface area contributed by atoms with E-state index in [-0.39, 0.29) is 5.82 Å². The molecule has 20 heavy (non-hydrogen) atoms. The molecule has 0 aliphatic carbocycles. The van der Waals surface area contributed by atoms with Gasteiger partial charge in [0, 0.05) is 6.04 Å². The summed E-state index contributed by atoms with van der Waals surface area (Å²) in [7, 11) is 0. The van der Waals surface area contributed by atoms with Crippen molar-refractivity contribution in [2.24, 2.45) is 5.92 Å². The topological polar surface area (TPSA) is 12.0 Å². The highest BCUT2D eigenvalue weighted by molar-refractivity contribution is 5.18. The van der Waals surface area contributed by atoms with Gasteiger partial charge in [-0.25, -0.2) is 4.39 Å². The van der Waals surface area contributed by atoms with Crippen molar-refractivity contribution in [1.29, 1.82) is 0 Å². The van der Waals surface area contributed by atoms with Crippen molar-refractivity contribution in [2.45, 2.75) is 65.3 Å². The van der Waals surface area contributed by atoms with Gasteiger partial charge in [0.25, 0.3) is 0 Å². The second kappa shape index (κ2) is 9.93. The molecule has 0 radical (unpaired) electrons. The molecular formula is C18H30FN. The zero-order valence-electron chi connectivity index (χ0n) is 13.3. The molecule has 1 nitrogen and oxygen atoms in total. The molecule has 0 heterocycles. The van der Waals surface area contributed by atoms with Crippen molar-refractivity contribution in [3.63, 3.8) is 0 Å². The van der Waals surface area contributed by atoms with Crippen LogP contribution in [-0.4, -0.2) is 12.6 Å². The fourth-order valence-corrected chi connectivity index (χ4v) is 2.92. The van der Waals surface area contributed by atoms with E-state index in [2.05, 4.69) is 26.1 Å². The molecule has 0 saturated heterocycles. The quantitative estimate of drug-likeness (QED) is 0.639. The Morgan fingerprint density at radius 1 is 1.00 bits per heavy atom. The molecule has 0 aliphatic heterocycles. The van der Waals surface area contributed by atoms with E-state index >= 15 is 0 Å². The van der Waals surface area contributed by atoms with E-state index < -0.39 is 0 Å². The molecular weight excluding hydrogens is 249 g/mol. The Kier molecular flexibility index (Phi) is 8.52. The molecule has 1 rings (SSSR count). The van der Waals surface area contributed by atoms with Gasteiger partial charge in [-0.3, -0.25) is 0 Å². The molecule has 1 atom stereocenters. The third-order valence-corrected chi connectivity index (χ3v) is 3.94. The van der Waals surface area contributed by atoms with Crippen LogP contribution in [0.1, 0.15) is 58.4 Å². The molecule has 0 fully saturated rings. The van der Waals surface area contributed by atoms with Gasteiger partial charge in [0.2, 0.25) is 0 Å². The second-order valence-corrected chi connectivity index (χ2v) is 5.69. The molecule has 1 unspecified atom stereocenters. The predicted octanol–water partition coefficient (Wildman–Crippen LogP) is 4.95. The lowest BCUT2D eigenvalue weighted by Gasteiger charge is -2.28. The van der Waals surface area contributed by atoms with Gasteiger partial charge in [0.1, 0.15) is 5.82 Å². The van der Waals surface area contributed by atoms with Gasteiger partial charge < -0.3 is 5.32 Å². The van der Waals surface area contributed by atoms with Gasteiger partial charge in [0.05, 0.1) is 0 Å². The lowest BCUT2D eigenvalue weighted by atomic mass is 9.86. The van der Waals surface area contributed by atoms with Crippen molar-refractivity contribution in [3.8, 4) is 0 Å². The monoisotopic (exact) mass is 279 g/mol. The van der Waals surface area contributed by atoms with E-state index in [1.807, 2.05) is 12.1 Å². The zero-order chi connectivity index (χ0) is 14.8. The lowest BCUT2D eigenvalue weighted by Crippen LogP contribution is -2.38. The standard InChI is InChI=1S/C18H30FN/c1-4-9-15(10-5-2)18(20-13-6-3)14-16-11-7-8-12-17(16)19/h7-8,11-12,15,18,20H,4-6,9-10,13-14H2,1-3H3. The summed E-state index contributed by atoms with van der Waals surface area (Å²) in [6.07, 6.45) is 6.78. The summed E-state index contributed by atoms with van der Waals surface area (Å²) in [5.41, 5.74) is 0.846. The number of halogens is 1. The van der Waals surface area contributed by atoms with Crippen LogP contribution in [0.15, 0.2) is 24.3 Å². The fourth-order valence-electron chi connectivity index (χ4n) is 2.92. The molecule has 1 N–H and O–H groups in total. The van der Waals surface area contributed by atoms with E-state index in [1.165, 1.54) is 25.7 Å². The largest absolute Gasteiger partial charge is 0.313 e. The van der Waals surface area contributed by atoms with Crippen molar-refractivity contribution in [2.75, 3.05) is 6.54 Å². The number of nitrogens with one attached hydrogen (secondary N) is 1. The molecule has 0 amide bonds. The molecule has 0 spiro atoms. The van der Waals surface area contributed by atoms with Crippen LogP contribution in [0.25, 0.3) is 0 Å². The van der Waals surface area contributed by atoms with Gasteiger partial charge in [0.15, 0.2) is 0 Å². The van der Waals surface area contributed by atoms with E-state index in [0.29, 0.717) is 12.0 Å². The Labute approximate surface area is 124 Å². The summed E-state index contributed by atoms with van der Waals surface area (Å²) in [5, 5.41) is 3.65. The molecule has 1 aromatic carbocycles. The molecule has 0 aromatic heterocycles. The van der Waals surface area contributed by atoms with Crippen LogP contribution in [0.4, 0.5) is 4.39 Å². The van der Waals surface area contributed by atoms with Crippen molar-refractivity contribution >= 4 is 0 Å². The molecule has 2 heteroatoms. The predicted molar refractivity (Wildman–Crippen MR) is 85.5 cm³/mol. The third kappa shape index (κ3) is 5.62. The minimum Gasteiger partial charge on any atom is -0.313 e. The maximum atomic E-state index is 13.9. The number of hydrogen-bond acceptors (Lipinski definition) is 1. The van der Waals surface area contributed by atoms with Crippen LogP contribution in [0.2, 0.25) is 0 Å². The first-order valence-electron chi connectivity index (χ1n) is 8.19. The van der Waals surface area contributed by atoms with E-state index in [0.717, 1.165) is 24.9 Å². The van der Waals surface area contributed by atoms with E-state index in [9.17, 15) is 4.39 Å². The zero-order valence-corrected chi connectivity index (χ0v) is 13.3. The van der Waals surface area contributed by atoms with Crippen LogP contribution in [0.5, 0.6) is 0 Å². The van der Waals surface area contributed by atoms with Gasteiger partial charge in [-0.2, -0.15) is 0 Å². The highest BCUT2D eigenvalue weighted by Crippen LogP contribution is 2.22. The summed E-state index contributed by atoms with van der Waals surface area (Å²) in [4.78, 5) is 0. The molecule has 0 bridgehead atoms. The maximum absolute atomic E-state index is 13.9. The highest BCUT2D eigenvalue weighted by atomic mass is 19.1. The fraction of sp³-hybridized carbons (Fsp3) is 0.667. The smallest absolute Gasteiger partial charge is 0.126 e. The van der Waals surface area contributed by atoms with E-state index in [4.69, 9.17) is 0 Å². The van der Waals surface area contributed by atoms with Gasteiger partial charge in [-0.05, 0) is 49.8 Å². The first kappa shape index (κ1) is 17.2. The van der Waals surface area contributed by atoms with Crippen LogP contribution in [0.3, 0.4) is 0 Å². The highest BCUT2D eigenvalue weighted by Gasteiger charge is 2.21. The molecule has 0 aliphatic rings. The van der Waals surface area contributed by atoms with Crippen LogP contribution >= 0.6 is 0 Å². The lowest BCUT2D eigenvalue weighted by molar-refractivity contribution is 0.306. The number of rotatable bonds is 10. The summed E-state index contributed by atoms with van der Waals surface area (Å²) >= 11 is 0. The van der Waals surface area contributed by atoms with Crippen LogP contribution < -0.4 is 5.32 Å². The van der Waals surface area contributed by atoms with Gasteiger partial charge in [-0.15, -0.1) is 0 Å². The average molecular weight is 279 g/mol. The van der Waals surface area contributed by atoms with Crippen LogP contribution in [0, 0.1) is 11.7 Å². The van der Waals surface area contributed by atoms with Gasteiger partial charge >= 0.3 is 0 Å². The number of hydrogen-bond donors (Lipinski definition) is 1. The van der Waals surface area contributed by atoms with Crippen molar-refractivity contribution in [1.82, 2.24) is 5.32 Å². The Bertz CT molecular complexity index is 358. The second-order valence-electron chi connectivity index (χ2n) is 5.69. The average Bonchev–Trinajstić information content (AvgIpc) is 2.45. The Morgan fingerprint density at radius 2 is 1.65 bits per heavy atom. The maximum Gasteiger partial charge on any atom is 0.126 e. The third-order valence-electron chi connectivity index (χ3n) is 3.94. The van der Waals surface area contributed by atoms with Crippen LogP contribution in [-0.2, 0) is 6.42 Å². The Balaban J connectivity index is 2.78. The molecule has 0 saturated carbocycles. The van der Waals surface area contributed by atoms with Gasteiger partial charge in [-0.1, -0.05) is 51.8 Å². The first-order chi connectivity index (χ1) is 9.72. The first-order valence-corrected chi connectivity index (χ1v) is 8.19. The minimum absolute atomic E-state index is 0.0671. The Morgan fingerprint density at radius 3 is 2.20 bits per heavy atom. The Hall–Kier alpha value is -0.890. The van der Waals surface area contributed by atoms with E-state index in [1.54, 1.807) is 12.1 Å². The summed E-state index contributed by atoms with van der Waals surface area (Å²) < 4.78 is 13.9. The molecule has 1 aromatic rings. The van der Waals surface area contributed by atoms with Crippen molar-refractivity contribution in [3.05, 3.63) is 35.6 Å². The summed E-state index contributed by atoms with van der Waals surface area (Å²) in [6.45, 7) is 7.68. The normalized spacial score (nSPS) is 12.8. The SMILES string of the molecule is CCCNC(Cc1ccccc1F)C(CCC)CCC. The summed E-state index contributed by atoms with van der Waals surface area (Å²) in [6, 6.07) is 7.59. The number of benzene rings is 1.